The Hall–Kier alpha value is -0.320. The third kappa shape index (κ3) is 3.59. The summed E-state index contributed by atoms with van der Waals surface area (Å²) in [7, 11) is 0. The van der Waals surface area contributed by atoms with Crippen molar-refractivity contribution in [2.75, 3.05) is 11.9 Å². The third-order valence-electron chi connectivity index (χ3n) is 3.46. The molecule has 0 aliphatic heterocycles. The summed E-state index contributed by atoms with van der Waals surface area (Å²) in [5.74, 6) is 1.21. The van der Waals surface area contributed by atoms with Crippen molar-refractivity contribution in [3.05, 3.63) is 21.8 Å². The highest BCUT2D eigenvalue weighted by Gasteiger charge is 2.32. The number of rotatable bonds is 3. The number of halogens is 2. The molecule has 0 radical (unpaired) electrons. The number of pyridine rings is 1. The first kappa shape index (κ1) is 14.1. The Kier molecular flexibility index (Phi) is 4.51. The van der Waals surface area contributed by atoms with E-state index in [0.717, 1.165) is 23.7 Å². The smallest absolute Gasteiger partial charge is 0.144 e. The third-order valence-corrected chi connectivity index (χ3v) is 4.18. The minimum absolute atomic E-state index is 0.506. The van der Waals surface area contributed by atoms with E-state index >= 15 is 0 Å². The SMILES string of the molecule is CC1CCCC(O)(CNc2ncc(Br)cc2Cl)C1. The van der Waals surface area contributed by atoms with Crippen molar-refractivity contribution >= 4 is 33.3 Å². The van der Waals surface area contributed by atoms with Crippen molar-refractivity contribution in [2.24, 2.45) is 5.92 Å². The summed E-state index contributed by atoms with van der Waals surface area (Å²) in [6.07, 6.45) is 5.68. The Morgan fingerprint density at radius 2 is 2.44 bits per heavy atom. The quantitative estimate of drug-likeness (QED) is 0.883. The summed E-state index contributed by atoms with van der Waals surface area (Å²) in [6.45, 7) is 2.70. The molecule has 1 heterocycles. The fourth-order valence-corrected chi connectivity index (χ4v) is 3.28. The normalized spacial score (nSPS) is 28.1. The maximum atomic E-state index is 10.5. The van der Waals surface area contributed by atoms with E-state index in [9.17, 15) is 5.11 Å². The molecule has 1 aliphatic rings. The van der Waals surface area contributed by atoms with Crippen LogP contribution in [-0.2, 0) is 0 Å². The van der Waals surface area contributed by atoms with E-state index in [4.69, 9.17) is 11.6 Å². The fourth-order valence-electron chi connectivity index (χ4n) is 2.59. The number of aliphatic hydroxyl groups is 1. The minimum atomic E-state index is -0.629. The van der Waals surface area contributed by atoms with Crippen molar-refractivity contribution < 1.29 is 5.11 Å². The lowest BCUT2D eigenvalue weighted by Crippen LogP contribution is -2.41. The minimum Gasteiger partial charge on any atom is -0.388 e. The van der Waals surface area contributed by atoms with Gasteiger partial charge in [-0.25, -0.2) is 4.98 Å². The summed E-state index contributed by atoms with van der Waals surface area (Å²) in [5, 5.41) is 14.2. The number of anilines is 1. The molecule has 3 nitrogen and oxygen atoms in total. The molecule has 0 spiro atoms. The molecule has 0 saturated heterocycles. The molecule has 0 bridgehead atoms. The van der Waals surface area contributed by atoms with E-state index < -0.39 is 5.60 Å². The number of nitrogens with zero attached hydrogens (tertiary/aromatic N) is 1. The molecule has 1 fully saturated rings. The van der Waals surface area contributed by atoms with Gasteiger partial charge in [-0.2, -0.15) is 0 Å². The number of nitrogens with one attached hydrogen (secondary N) is 1. The first-order valence-electron chi connectivity index (χ1n) is 6.26. The first-order chi connectivity index (χ1) is 8.48. The maximum absolute atomic E-state index is 10.5. The van der Waals surface area contributed by atoms with Gasteiger partial charge in [0.05, 0.1) is 10.6 Å². The highest BCUT2D eigenvalue weighted by atomic mass is 79.9. The molecule has 18 heavy (non-hydrogen) atoms. The zero-order valence-corrected chi connectivity index (χ0v) is 12.8. The molecule has 1 saturated carbocycles. The number of hydrogen-bond donors (Lipinski definition) is 2. The topological polar surface area (TPSA) is 45.1 Å². The van der Waals surface area contributed by atoms with Gasteiger partial charge in [-0.15, -0.1) is 0 Å². The molecule has 2 unspecified atom stereocenters. The number of hydrogen-bond acceptors (Lipinski definition) is 3. The van der Waals surface area contributed by atoms with Crippen LogP contribution in [0.5, 0.6) is 0 Å². The van der Waals surface area contributed by atoms with Gasteiger partial charge in [0.2, 0.25) is 0 Å². The Morgan fingerprint density at radius 3 is 3.11 bits per heavy atom. The molecule has 100 valence electrons. The second-order valence-corrected chi connectivity index (χ2v) is 6.59. The van der Waals surface area contributed by atoms with E-state index in [0.29, 0.717) is 23.3 Å². The molecular weight excluding hydrogens is 316 g/mol. The second-order valence-electron chi connectivity index (χ2n) is 5.26. The molecule has 1 aromatic rings. The lowest BCUT2D eigenvalue weighted by atomic mass is 9.79. The monoisotopic (exact) mass is 332 g/mol. The highest BCUT2D eigenvalue weighted by Crippen LogP contribution is 2.33. The van der Waals surface area contributed by atoms with Gasteiger partial charge in [0.15, 0.2) is 0 Å². The average molecular weight is 334 g/mol. The van der Waals surface area contributed by atoms with Crippen molar-refractivity contribution in [1.29, 1.82) is 0 Å². The van der Waals surface area contributed by atoms with Gasteiger partial charge in [-0.1, -0.05) is 31.4 Å². The molecule has 1 aliphatic carbocycles. The van der Waals surface area contributed by atoms with Gasteiger partial charge in [-0.3, -0.25) is 0 Å². The Morgan fingerprint density at radius 1 is 1.67 bits per heavy atom. The van der Waals surface area contributed by atoms with Gasteiger partial charge in [0, 0.05) is 17.2 Å². The summed E-state index contributed by atoms with van der Waals surface area (Å²) in [6, 6.07) is 1.80. The van der Waals surface area contributed by atoms with Gasteiger partial charge in [0.1, 0.15) is 5.82 Å². The van der Waals surface area contributed by atoms with E-state index in [1.54, 1.807) is 12.3 Å². The van der Waals surface area contributed by atoms with Crippen molar-refractivity contribution in [3.63, 3.8) is 0 Å². The van der Waals surface area contributed by atoms with Crippen LogP contribution in [0.15, 0.2) is 16.7 Å². The van der Waals surface area contributed by atoms with Gasteiger partial charge < -0.3 is 10.4 Å². The molecule has 2 rings (SSSR count). The van der Waals surface area contributed by atoms with Gasteiger partial charge >= 0.3 is 0 Å². The predicted molar refractivity (Wildman–Crippen MR) is 78.0 cm³/mol. The van der Waals surface area contributed by atoms with E-state index in [2.05, 4.69) is 33.2 Å². The summed E-state index contributed by atoms with van der Waals surface area (Å²) >= 11 is 9.40. The second kappa shape index (κ2) is 5.76. The Balaban J connectivity index is 1.98. The molecule has 2 N–H and O–H groups in total. The lowest BCUT2D eigenvalue weighted by molar-refractivity contribution is -0.000822. The summed E-state index contributed by atoms with van der Waals surface area (Å²) < 4.78 is 0.850. The highest BCUT2D eigenvalue weighted by molar-refractivity contribution is 9.10. The van der Waals surface area contributed by atoms with Gasteiger partial charge in [-0.05, 0) is 40.8 Å². The first-order valence-corrected chi connectivity index (χ1v) is 7.43. The zero-order valence-electron chi connectivity index (χ0n) is 10.4. The lowest BCUT2D eigenvalue weighted by Gasteiger charge is -2.35. The van der Waals surface area contributed by atoms with Crippen LogP contribution < -0.4 is 5.32 Å². The maximum Gasteiger partial charge on any atom is 0.144 e. The number of aromatic nitrogens is 1. The molecular formula is C13H18BrClN2O. The summed E-state index contributed by atoms with van der Waals surface area (Å²) in [4.78, 5) is 4.21. The molecule has 1 aromatic heterocycles. The molecule has 0 aromatic carbocycles. The van der Waals surface area contributed by atoms with Crippen LogP contribution in [-0.4, -0.2) is 22.2 Å². The average Bonchev–Trinajstić information content (AvgIpc) is 2.27. The molecule has 2 atom stereocenters. The standard InChI is InChI=1S/C13H18BrClN2O/c1-9-3-2-4-13(18,6-9)8-17-12-11(15)5-10(14)7-16-12/h5,7,9,18H,2-4,6,8H2,1H3,(H,16,17). The molecule has 0 amide bonds. The van der Waals surface area contributed by atoms with Crippen LogP contribution in [0.2, 0.25) is 5.02 Å². The van der Waals surface area contributed by atoms with Crippen LogP contribution in [0.25, 0.3) is 0 Å². The van der Waals surface area contributed by atoms with Crippen molar-refractivity contribution in [1.82, 2.24) is 4.98 Å². The van der Waals surface area contributed by atoms with Crippen LogP contribution in [0, 0.1) is 5.92 Å². The van der Waals surface area contributed by atoms with Crippen LogP contribution in [0.3, 0.4) is 0 Å². The van der Waals surface area contributed by atoms with Crippen molar-refractivity contribution in [3.8, 4) is 0 Å². The van der Waals surface area contributed by atoms with Crippen LogP contribution >= 0.6 is 27.5 Å². The van der Waals surface area contributed by atoms with Crippen molar-refractivity contribution in [2.45, 2.75) is 38.2 Å². The van der Waals surface area contributed by atoms with Crippen LogP contribution in [0.4, 0.5) is 5.82 Å². The predicted octanol–water partition coefficient (Wildman–Crippen LogP) is 3.85. The Labute approximate surface area is 121 Å². The molecule has 5 heteroatoms. The fraction of sp³-hybridized carbons (Fsp3) is 0.615. The zero-order chi connectivity index (χ0) is 13.2. The Bertz CT molecular complexity index is 429. The van der Waals surface area contributed by atoms with Gasteiger partial charge in [0.25, 0.3) is 0 Å². The summed E-state index contributed by atoms with van der Waals surface area (Å²) in [5.41, 5.74) is -0.629. The van der Waals surface area contributed by atoms with Crippen LogP contribution in [0.1, 0.15) is 32.6 Å². The van der Waals surface area contributed by atoms with E-state index in [1.807, 2.05) is 0 Å². The van der Waals surface area contributed by atoms with E-state index in [-0.39, 0.29) is 0 Å². The van der Waals surface area contributed by atoms with E-state index in [1.165, 1.54) is 6.42 Å². The largest absolute Gasteiger partial charge is 0.388 e.